The van der Waals surface area contributed by atoms with Gasteiger partial charge in [-0.1, -0.05) is 6.08 Å². The summed E-state index contributed by atoms with van der Waals surface area (Å²) in [5, 5.41) is 8.97. The van der Waals surface area contributed by atoms with Crippen LogP contribution in [0.3, 0.4) is 0 Å². The molecule has 6 heteroatoms. The lowest BCUT2D eigenvalue weighted by Gasteiger charge is -2.34. The highest BCUT2D eigenvalue weighted by Crippen LogP contribution is 2.09. The second-order valence-corrected chi connectivity index (χ2v) is 3.31. The van der Waals surface area contributed by atoms with E-state index in [1.54, 1.807) is 24.8 Å². The number of rotatable bonds is 6. The van der Waals surface area contributed by atoms with Crippen molar-refractivity contribution >= 4 is 18.4 Å². The third kappa shape index (κ3) is 5.13. The normalized spacial score (nSPS) is 16.3. The molecule has 0 radical (unpaired) electrons. The van der Waals surface area contributed by atoms with Crippen LogP contribution in [0, 0.1) is 0 Å². The number of nitrogens with two attached hydrogens (primary N) is 2. The Morgan fingerprint density at radius 2 is 1.87 bits per heavy atom. The van der Waals surface area contributed by atoms with Crippen LogP contribution in [-0.2, 0) is 4.79 Å². The molecule has 0 heterocycles. The molecule has 15 heavy (non-hydrogen) atoms. The minimum atomic E-state index is -0.931. The Labute approximate surface area is 96.5 Å². The number of hydrogen-bond donors (Lipinski definition) is 3. The predicted molar refractivity (Wildman–Crippen MR) is 62.6 cm³/mol. The van der Waals surface area contributed by atoms with Crippen LogP contribution in [0.4, 0.5) is 0 Å². The van der Waals surface area contributed by atoms with Crippen LogP contribution in [-0.4, -0.2) is 34.3 Å². The molecule has 3 unspecified atom stereocenters. The van der Waals surface area contributed by atoms with Gasteiger partial charge < -0.3 is 16.6 Å². The Morgan fingerprint density at radius 1 is 1.47 bits per heavy atom. The lowest BCUT2D eigenvalue weighted by atomic mass is 10.1. The molecule has 5 nitrogen and oxygen atoms in total. The molecule has 3 atom stereocenters. The fraction of sp³-hybridized carbons (Fsp3) is 0.667. The molecular weight excluding hydrogens is 218 g/mol. The molecule has 0 rings (SSSR count). The minimum absolute atomic E-state index is 0. The lowest BCUT2D eigenvalue weighted by Crippen LogP contribution is -2.56. The van der Waals surface area contributed by atoms with Crippen molar-refractivity contribution in [3.05, 3.63) is 12.7 Å². The van der Waals surface area contributed by atoms with Gasteiger partial charge in [-0.05, 0) is 20.3 Å². The molecule has 0 saturated carbocycles. The van der Waals surface area contributed by atoms with Gasteiger partial charge in [-0.3, -0.25) is 9.69 Å². The van der Waals surface area contributed by atoms with Crippen molar-refractivity contribution in [1.29, 1.82) is 0 Å². The van der Waals surface area contributed by atoms with Crippen LogP contribution in [0.5, 0.6) is 0 Å². The molecule has 0 spiro atoms. The van der Waals surface area contributed by atoms with E-state index in [0.29, 0.717) is 6.42 Å². The summed E-state index contributed by atoms with van der Waals surface area (Å²) < 4.78 is 0. The number of carboxylic acid groups (broad SMARTS) is 1. The number of carboxylic acids is 1. The molecule has 0 aromatic carbocycles. The van der Waals surface area contributed by atoms with E-state index >= 15 is 0 Å². The zero-order valence-electron chi connectivity index (χ0n) is 9.09. The Balaban J connectivity index is 0. The van der Waals surface area contributed by atoms with Gasteiger partial charge >= 0.3 is 5.97 Å². The van der Waals surface area contributed by atoms with Gasteiger partial charge in [0.2, 0.25) is 0 Å². The number of carbonyl (C=O) groups is 1. The summed E-state index contributed by atoms with van der Waals surface area (Å²) in [7, 11) is 0. The largest absolute Gasteiger partial charge is 0.480 e. The maximum Gasteiger partial charge on any atom is 0.321 e. The van der Waals surface area contributed by atoms with Gasteiger partial charge in [0, 0.05) is 0 Å². The number of hydrogen-bond acceptors (Lipinski definition) is 4. The maximum atomic E-state index is 10.9. The van der Waals surface area contributed by atoms with E-state index in [9.17, 15) is 4.79 Å². The third-order valence-corrected chi connectivity index (χ3v) is 1.98. The summed E-state index contributed by atoms with van der Waals surface area (Å²) >= 11 is 0. The Morgan fingerprint density at radius 3 is 2.07 bits per heavy atom. The Kier molecular flexibility index (Phi) is 8.56. The second kappa shape index (κ2) is 7.64. The lowest BCUT2D eigenvalue weighted by molar-refractivity contribution is -0.145. The van der Waals surface area contributed by atoms with Crippen LogP contribution in [0.2, 0.25) is 0 Å². The van der Waals surface area contributed by atoms with E-state index < -0.39 is 24.3 Å². The standard InChI is InChI=1S/C9H19N3O2.ClH/c1-4-5-8(9(13)14)12(6(2)10)7(3)11;/h4,6-8H,1,5,10-11H2,2-3H3,(H,13,14);1H. The van der Waals surface area contributed by atoms with E-state index in [1.165, 1.54) is 0 Å². The van der Waals surface area contributed by atoms with Crippen molar-refractivity contribution in [2.45, 2.75) is 38.6 Å². The molecule has 0 aliphatic rings. The molecule has 0 saturated heterocycles. The second-order valence-electron chi connectivity index (χ2n) is 3.31. The highest BCUT2D eigenvalue weighted by atomic mass is 35.5. The first-order chi connectivity index (χ1) is 6.41. The molecule has 0 aliphatic heterocycles. The van der Waals surface area contributed by atoms with Crippen LogP contribution in [0.15, 0.2) is 12.7 Å². The average molecular weight is 238 g/mol. The molecular formula is C9H20ClN3O2. The molecule has 90 valence electrons. The summed E-state index contributed by atoms with van der Waals surface area (Å²) in [6, 6.07) is -0.701. The van der Waals surface area contributed by atoms with Crippen molar-refractivity contribution in [3.63, 3.8) is 0 Å². The van der Waals surface area contributed by atoms with Crippen molar-refractivity contribution in [3.8, 4) is 0 Å². The first-order valence-corrected chi connectivity index (χ1v) is 4.54. The van der Waals surface area contributed by atoms with Gasteiger partial charge in [0.1, 0.15) is 6.04 Å². The SMILES string of the molecule is C=CCC(C(=O)O)N(C(C)N)C(C)N.Cl. The van der Waals surface area contributed by atoms with Crippen molar-refractivity contribution < 1.29 is 9.90 Å². The molecule has 0 bridgehead atoms. The van der Waals surface area contributed by atoms with E-state index in [4.69, 9.17) is 16.6 Å². The number of halogens is 1. The molecule has 0 amide bonds. The highest BCUT2D eigenvalue weighted by molar-refractivity contribution is 5.85. The van der Waals surface area contributed by atoms with Crippen LogP contribution >= 0.6 is 12.4 Å². The third-order valence-electron chi connectivity index (χ3n) is 1.98. The molecule has 0 aliphatic carbocycles. The number of nitrogens with zero attached hydrogens (tertiary/aromatic N) is 1. The first-order valence-electron chi connectivity index (χ1n) is 4.54. The Bertz CT molecular complexity index is 202. The van der Waals surface area contributed by atoms with Crippen LogP contribution in [0.25, 0.3) is 0 Å². The van der Waals surface area contributed by atoms with Crippen LogP contribution in [0.1, 0.15) is 20.3 Å². The Hall–Kier alpha value is -0.620. The van der Waals surface area contributed by atoms with Gasteiger partial charge in [0.25, 0.3) is 0 Å². The molecule has 0 aromatic rings. The monoisotopic (exact) mass is 237 g/mol. The number of aliphatic carboxylic acids is 1. The first kappa shape index (κ1) is 16.8. The minimum Gasteiger partial charge on any atom is -0.480 e. The zero-order valence-corrected chi connectivity index (χ0v) is 9.91. The highest BCUT2D eigenvalue weighted by Gasteiger charge is 2.28. The van der Waals surface area contributed by atoms with Crippen LogP contribution < -0.4 is 11.5 Å². The summed E-state index contributed by atoms with van der Waals surface area (Å²) in [6.45, 7) is 6.93. The van der Waals surface area contributed by atoms with Crippen molar-refractivity contribution in [1.82, 2.24) is 4.90 Å². The topological polar surface area (TPSA) is 92.6 Å². The summed E-state index contributed by atoms with van der Waals surface area (Å²) in [4.78, 5) is 12.5. The smallest absolute Gasteiger partial charge is 0.321 e. The summed E-state index contributed by atoms with van der Waals surface area (Å²) in [6.07, 6.45) is 1.10. The fourth-order valence-corrected chi connectivity index (χ4v) is 1.45. The van der Waals surface area contributed by atoms with Gasteiger partial charge in [-0.25, -0.2) is 0 Å². The quantitative estimate of drug-likeness (QED) is 0.458. The molecule has 5 N–H and O–H groups in total. The van der Waals surface area contributed by atoms with Gasteiger partial charge in [-0.2, -0.15) is 0 Å². The maximum absolute atomic E-state index is 10.9. The van der Waals surface area contributed by atoms with E-state index in [-0.39, 0.29) is 12.4 Å². The van der Waals surface area contributed by atoms with Crippen molar-refractivity contribution in [2.24, 2.45) is 11.5 Å². The van der Waals surface area contributed by atoms with Gasteiger partial charge in [0.05, 0.1) is 12.3 Å². The zero-order chi connectivity index (χ0) is 11.3. The van der Waals surface area contributed by atoms with Crippen molar-refractivity contribution in [2.75, 3.05) is 0 Å². The van der Waals surface area contributed by atoms with Gasteiger partial charge in [0.15, 0.2) is 0 Å². The van der Waals surface area contributed by atoms with Gasteiger partial charge in [-0.15, -0.1) is 19.0 Å². The summed E-state index contributed by atoms with van der Waals surface area (Å²) in [5.41, 5.74) is 11.3. The average Bonchev–Trinajstić information content (AvgIpc) is 2.01. The van der Waals surface area contributed by atoms with E-state index in [1.807, 2.05) is 0 Å². The molecule has 0 aromatic heterocycles. The van der Waals surface area contributed by atoms with E-state index in [0.717, 1.165) is 0 Å². The predicted octanol–water partition coefficient (Wildman–Crippen LogP) is 0.349. The fourth-order valence-electron chi connectivity index (χ4n) is 1.45. The molecule has 0 fully saturated rings. The summed E-state index contributed by atoms with van der Waals surface area (Å²) in [5.74, 6) is -0.931. The van der Waals surface area contributed by atoms with E-state index in [2.05, 4.69) is 6.58 Å².